The van der Waals surface area contributed by atoms with Gasteiger partial charge in [0, 0.05) is 11.1 Å². The summed E-state index contributed by atoms with van der Waals surface area (Å²) in [5.41, 5.74) is 2.58. The Hall–Kier alpha value is -2.32. The third-order valence-corrected chi connectivity index (χ3v) is 3.64. The van der Waals surface area contributed by atoms with E-state index in [2.05, 4.69) is 0 Å². The molecule has 3 heteroatoms. The van der Waals surface area contributed by atoms with Crippen molar-refractivity contribution in [3.63, 3.8) is 0 Å². The number of hydrogen-bond acceptors (Lipinski definition) is 1. The fourth-order valence-corrected chi connectivity index (χ4v) is 2.46. The average Bonchev–Trinajstić information content (AvgIpc) is 2.51. The van der Waals surface area contributed by atoms with Crippen LogP contribution in [0.3, 0.4) is 0 Å². The summed E-state index contributed by atoms with van der Waals surface area (Å²) in [6.45, 7) is 0. The zero-order valence-electron chi connectivity index (χ0n) is 11.1. The van der Waals surface area contributed by atoms with Crippen molar-refractivity contribution in [2.24, 2.45) is 0 Å². The Morgan fingerprint density at radius 2 is 1.52 bits per heavy atom. The summed E-state index contributed by atoms with van der Waals surface area (Å²) in [4.78, 5) is 0. The average molecular weight is 299 g/mol. The van der Waals surface area contributed by atoms with E-state index in [-0.39, 0.29) is 10.8 Å². The van der Waals surface area contributed by atoms with Crippen molar-refractivity contribution in [2.45, 2.75) is 0 Å². The third kappa shape index (κ3) is 2.63. The van der Waals surface area contributed by atoms with Crippen molar-refractivity contribution in [3.8, 4) is 28.0 Å². The Bertz CT molecular complexity index is 784. The van der Waals surface area contributed by atoms with E-state index < -0.39 is 5.82 Å². The minimum Gasteiger partial charge on any atom is -0.507 e. The van der Waals surface area contributed by atoms with E-state index in [1.54, 1.807) is 24.3 Å². The van der Waals surface area contributed by atoms with E-state index in [1.807, 2.05) is 36.4 Å². The summed E-state index contributed by atoms with van der Waals surface area (Å²) >= 11 is 5.79. The maximum atomic E-state index is 14.0. The summed E-state index contributed by atoms with van der Waals surface area (Å²) in [7, 11) is 0. The van der Waals surface area contributed by atoms with Gasteiger partial charge < -0.3 is 5.11 Å². The molecular weight excluding hydrogens is 287 g/mol. The monoisotopic (exact) mass is 298 g/mol. The Labute approximate surface area is 127 Å². The Morgan fingerprint density at radius 3 is 2.24 bits per heavy atom. The van der Waals surface area contributed by atoms with Gasteiger partial charge >= 0.3 is 0 Å². The molecule has 0 unspecified atom stereocenters. The third-order valence-electron chi connectivity index (χ3n) is 3.35. The van der Waals surface area contributed by atoms with Crippen molar-refractivity contribution in [2.75, 3.05) is 0 Å². The molecule has 104 valence electrons. The van der Waals surface area contributed by atoms with Crippen LogP contribution in [0.1, 0.15) is 0 Å². The molecule has 0 saturated carbocycles. The molecule has 0 radical (unpaired) electrons. The molecule has 0 aliphatic carbocycles. The fraction of sp³-hybridized carbons (Fsp3) is 0. The van der Waals surface area contributed by atoms with E-state index in [9.17, 15) is 9.50 Å². The van der Waals surface area contributed by atoms with Crippen molar-refractivity contribution >= 4 is 11.6 Å². The Morgan fingerprint density at radius 1 is 0.762 bits per heavy atom. The van der Waals surface area contributed by atoms with Crippen LogP contribution in [-0.2, 0) is 0 Å². The lowest BCUT2D eigenvalue weighted by Gasteiger charge is -2.09. The van der Waals surface area contributed by atoms with Gasteiger partial charge in [-0.2, -0.15) is 0 Å². The van der Waals surface area contributed by atoms with Gasteiger partial charge in [0.1, 0.15) is 11.6 Å². The molecule has 3 rings (SSSR count). The second-order valence-electron chi connectivity index (χ2n) is 4.70. The smallest absolute Gasteiger partial charge is 0.149 e. The number of rotatable bonds is 2. The number of phenols is 1. The maximum absolute atomic E-state index is 14.0. The summed E-state index contributed by atoms with van der Waals surface area (Å²) in [6.07, 6.45) is 0. The molecule has 0 atom stereocenters. The van der Waals surface area contributed by atoms with Crippen molar-refractivity contribution in [1.29, 1.82) is 0 Å². The molecule has 1 nitrogen and oxygen atoms in total. The Kier molecular flexibility index (Phi) is 3.63. The van der Waals surface area contributed by atoms with Gasteiger partial charge in [0.2, 0.25) is 0 Å². The van der Waals surface area contributed by atoms with E-state index in [0.717, 1.165) is 11.1 Å². The highest BCUT2D eigenvalue weighted by molar-refractivity contribution is 6.31. The second kappa shape index (κ2) is 5.58. The van der Waals surface area contributed by atoms with Crippen molar-refractivity contribution in [1.82, 2.24) is 0 Å². The lowest BCUT2D eigenvalue weighted by Crippen LogP contribution is -1.87. The molecule has 0 fully saturated rings. The highest BCUT2D eigenvalue weighted by Crippen LogP contribution is 2.36. The van der Waals surface area contributed by atoms with Gasteiger partial charge in [0.25, 0.3) is 0 Å². The highest BCUT2D eigenvalue weighted by atomic mass is 35.5. The molecule has 0 saturated heterocycles. The van der Waals surface area contributed by atoms with Crippen LogP contribution in [0.2, 0.25) is 5.02 Å². The lowest BCUT2D eigenvalue weighted by atomic mass is 9.99. The number of phenolic OH excluding ortho intramolecular Hbond substituents is 1. The topological polar surface area (TPSA) is 20.2 Å². The number of hydrogen-bond donors (Lipinski definition) is 1. The molecule has 0 aromatic heterocycles. The van der Waals surface area contributed by atoms with E-state index in [0.29, 0.717) is 11.1 Å². The van der Waals surface area contributed by atoms with E-state index >= 15 is 0 Å². The molecule has 0 aliphatic heterocycles. The van der Waals surface area contributed by atoms with E-state index in [4.69, 9.17) is 11.6 Å². The lowest BCUT2D eigenvalue weighted by molar-refractivity contribution is 0.477. The quantitative estimate of drug-likeness (QED) is 0.660. The van der Waals surface area contributed by atoms with Gasteiger partial charge in [-0.15, -0.1) is 0 Å². The van der Waals surface area contributed by atoms with Gasteiger partial charge in [-0.05, 0) is 29.3 Å². The van der Waals surface area contributed by atoms with Gasteiger partial charge in [0.15, 0.2) is 0 Å². The first-order valence-corrected chi connectivity index (χ1v) is 6.87. The minimum absolute atomic E-state index is 0.0255. The first-order chi connectivity index (χ1) is 10.2. The molecule has 21 heavy (non-hydrogen) atoms. The molecule has 0 aliphatic rings. The summed E-state index contributed by atoms with van der Waals surface area (Å²) in [5.74, 6) is -0.501. The maximum Gasteiger partial charge on any atom is 0.149 e. The predicted molar refractivity (Wildman–Crippen MR) is 83.9 cm³/mol. The molecule has 0 spiro atoms. The molecule has 3 aromatic carbocycles. The minimum atomic E-state index is -0.526. The predicted octanol–water partition coefficient (Wildman–Crippen LogP) is 5.52. The summed E-state index contributed by atoms with van der Waals surface area (Å²) < 4.78 is 14.0. The first kappa shape index (κ1) is 13.7. The van der Waals surface area contributed by atoms with Crippen LogP contribution in [0.4, 0.5) is 4.39 Å². The zero-order valence-corrected chi connectivity index (χ0v) is 11.8. The van der Waals surface area contributed by atoms with Crippen LogP contribution in [0.15, 0.2) is 66.7 Å². The number of benzene rings is 3. The van der Waals surface area contributed by atoms with Gasteiger partial charge in [-0.3, -0.25) is 0 Å². The van der Waals surface area contributed by atoms with Crippen LogP contribution in [0, 0.1) is 5.82 Å². The van der Waals surface area contributed by atoms with Crippen molar-refractivity contribution in [3.05, 3.63) is 77.6 Å². The standard InChI is InChI=1S/C18H12ClFO/c19-16-8-4-7-15(18(16)20)14-10-9-13(11-17(14)21)12-5-2-1-3-6-12/h1-11,21H. The molecule has 0 amide bonds. The molecule has 1 N–H and O–H groups in total. The summed E-state index contributed by atoms with van der Waals surface area (Å²) in [5, 5.41) is 10.3. The van der Waals surface area contributed by atoms with Crippen LogP contribution in [-0.4, -0.2) is 5.11 Å². The van der Waals surface area contributed by atoms with Crippen LogP contribution < -0.4 is 0 Å². The van der Waals surface area contributed by atoms with Crippen LogP contribution in [0.25, 0.3) is 22.3 Å². The largest absolute Gasteiger partial charge is 0.507 e. The van der Waals surface area contributed by atoms with Crippen LogP contribution in [0.5, 0.6) is 5.75 Å². The molecular formula is C18H12ClFO. The van der Waals surface area contributed by atoms with Crippen molar-refractivity contribution < 1.29 is 9.50 Å². The molecule has 0 heterocycles. The normalized spacial score (nSPS) is 10.6. The highest BCUT2D eigenvalue weighted by Gasteiger charge is 2.12. The number of halogens is 2. The van der Waals surface area contributed by atoms with Gasteiger partial charge in [-0.1, -0.05) is 60.1 Å². The van der Waals surface area contributed by atoms with E-state index in [1.165, 1.54) is 6.07 Å². The van der Waals surface area contributed by atoms with Gasteiger partial charge in [0.05, 0.1) is 5.02 Å². The molecule has 0 bridgehead atoms. The molecule has 3 aromatic rings. The van der Waals surface area contributed by atoms with Crippen LogP contribution >= 0.6 is 11.6 Å². The first-order valence-electron chi connectivity index (χ1n) is 6.49. The van der Waals surface area contributed by atoms with Gasteiger partial charge in [-0.25, -0.2) is 4.39 Å². The fourth-order valence-electron chi connectivity index (χ4n) is 2.28. The zero-order chi connectivity index (χ0) is 14.8. The Balaban J connectivity index is 2.09. The number of aromatic hydroxyl groups is 1. The second-order valence-corrected chi connectivity index (χ2v) is 5.11. The SMILES string of the molecule is Oc1cc(-c2ccccc2)ccc1-c1cccc(Cl)c1F. The summed E-state index contributed by atoms with van der Waals surface area (Å²) in [6, 6.07) is 19.6.